The molecule has 9 aromatic rings. The molecule has 1 aliphatic carbocycles. The summed E-state index contributed by atoms with van der Waals surface area (Å²) in [7, 11) is 0. The van der Waals surface area contributed by atoms with Crippen molar-refractivity contribution in [3.63, 3.8) is 0 Å². The third-order valence-corrected chi connectivity index (χ3v) is 10.2. The summed E-state index contributed by atoms with van der Waals surface area (Å²) in [6, 6.07) is 61.6. The highest BCUT2D eigenvalue weighted by Crippen LogP contribution is 2.44. The van der Waals surface area contributed by atoms with Gasteiger partial charge in [-0.1, -0.05) is 164 Å². The molecule has 248 valence electrons. The molecule has 0 unspecified atom stereocenters. The largest absolute Gasteiger partial charge is 0.256 e. The van der Waals surface area contributed by atoms with Crippen LogP contribution in [-0.4, -0.2) is 19.9 Å². The van der Waals surface area contributed by atoms with Crippen molar-refractivity contribution >= 4 is 10.9 Å². The van der Waals surface area contributed by atoms with Gasteiger partial charge < -0.3 is 0 Å². The van der Waals surface area contributed by atoms with E-state index in [1.54, 1.807) is 0 Å². The molecule has 0 saturated heterocycles. The number of hydrogen-bond acceptors (Lipinski definition) is 4. The molecule has 0 aliphatic heterocycles. The van der Waals surface area contributed by atoms with E-state index in [9.17, 15) is 0 Å². The first-order valence-corrected chi connectivity index (χ1v) is 17.9. The van der Waals surface area contributed by atoms with E-state index in [0.717, 1.165) is 39.8 Å². The molecule has 0 atom stereocenters. The lowest BCUT2D eigenvalue weighted by Crippen LogP contribution is -2.03. The van der Waals surface area contributed by atoms with Crippen LogP contribution in [0.5, 0.6) is 0 Å². The van der Waals surface area contributed by atoms with Crippen LogP contribution in [0.2, 0.25) is 0 Å². The predicted molar refractivity (Wildman–Crippen MR) is 216 cm³/mol. The zero-order chi connectivity index (χ0) is 35.1. The number of pyridine rings is 1. The van der Waals surface area contributed by atoms with Crippen LogP contribution in [0.15, 0.2) is 182 Å². The number of nitrogens with zero attached hydrogens (tertiary/aromatic N) is 4. The maximum atomic E-state index is 4.94. The van der Waals surface area contributed by atoms with Crippen LogP contribution in [0.25, 0.3) is 89.6 Å². The molecule has 7 aromatic carbocycles. The summed E-state index contributed by atoms with van der Waals surface area (Å²) in [6.07, 6.45) is 2.98. The smallest absolute Gasteiger partial charge is 0.164 e. The first-order chi connectivity index (χ1) is 26.2. The second-order valence-corrected chi connectivity index (χ2v) is 13.5. The molecule has 0 N–H and O–H groups in total. The van der Waals surface area contributed by atoms with Crippen molar-refractivity contribution in [2.45, 2.75) is 6.42 Å². The van der Waals surface area contributed by atoms with E-state index >= 15 is 0 Å². The normalized spacial score (nSPS) is 11.7. The molecule has 0 fully saturated rings. The Morgan fingerprint density at radius 1 is 0.340 bits per heavy atom. The summed E-state index contributed by atoms with van der Waals surface area (Å²) >= 11 is 0. The van der Waals surface area contributed by atoms with Gasteiger partial charge in [0.25, 0.3) is 0 Å². The maximum Gasteiger partial charge on any atom is 0.164 e. The lowest BCUT2D eigenvalue weighted by atomic mass is 9.81. The molecule has 0 saturated carbocycles. The minimum atomic E-state index is 0.645. The maximum absolute atomic E-state index is 4.94. The van der Waals surface area contributed by atoms with Crippen LogP contribution < -0.4 is 0 Å². The van der Waals surface area contributed by atoms with Gasteiger partial charge >= 0.3 is 0 Å². The van der Waals surface area contributed by atoms with Crippen molar-refractivity contribution in [3.8, 4) is 78.7 Å². The standard InChI is InChI=1S/C49H32N4/c1-3-11-36(12-4-1)47-51-48(37-13-5-2-6-14-37)53-49(52-47)41-18-9-16-38(29-41)34-23-21-32(22-24-34)33-25-27-35(28-26-33)43-31-50-44-20-10-17-40-30-39-15-7-8-19-42(39)46(43)45(40)44/h1-29,31H,30H2. The van der Waals surface area contributed by atoms with E-state index in [-0.39, 0.29) is 0 Å². The van der Waals surface area contributed by atoms with Gasteiger partial charge in [0.05, 0.1) is 5.52 Å². The van der Waals surface area contributed by atoms with Gasteiger partial charge in [-0.25, -0.2) is 15.0 Å². The Hall–Kier alpha value is -7.04. The molecule has 53 heavy (non-hydrogen) atoms. The van der Waals surface area contributed by atoms with Crippen LogP contribution >= 0.6 is 0 Å². The molecule has 4 nitrogen and oxygen atoms in total. The SMILES string of the molecule is c1ccc(-c2nc(-c3ccccc3)nc(-c3cccc(-c4ccc(-c5ccc(-c6cnc7cccc8c7c6-c6ccccc6C8)cc5)cc4)c3)n2)cc1. The highest BCUT2D eigenvalue weighted by atomic mass is 15.0. The number of benzene rings is 7. The minimum Gasteiger partial charge on any atom is -0.256 e. The molecule has 0 amide bonds. The van der Waals surface area contributed by atoms with Crippen molar-refractivity contribution < 1.29 is 0 Å². The zero-order valence-electron chi connectivity index (χ0n) is 28.8. The number of fused-ring (bicyclic) bond motifs is 2. The fourth-order valence-corrected chi connectivity index (χ4v) is 7.56. The molecular weight excluding hydrogens is 645 g/mol. The van der Waals surface area contributed by atoms with Crippen molar-refractivity contribution in [1.29, 1.82) is 0 Å². The van der Waals surface area contributed by atoms with Gasteiger partial charge in [-0.15, -0.1) is 0 Å². The Bertz CT molecular complexity index is 2720. The molecule has 0 bridgehead atoms. The number of aromatic nitrogens is 4. The zero-order valence-corrected chi connectivity index (χ0v) is 28.8. The van der Waals surface area contributed by atoms with Crippen LogP contribution in [0.4, 0.5) is 0 Å². The van der Waals surface area contributed by atoms with Gasteiger partial charge in [-0.2, -0.15) is 0 Å². The summed E-state index contributed by atoms with van der Waals surface area (Å²) in [5, 5.41) is 1.27. The Labute approximate surface area is 308 Å². The minimum absolute atomic E-state index is 0.645. The predicted octanol–water partition coefficient (Wildman–Crippen LogP) is 12.0. The fraction of sp³-hybridized carbons (Fsp3) is 0.0204. The van der Waals surface area contributed by atoms with Crippen molar-refractivity contribution in [2.24, 2.45) is 0 Å². The lowest BCUT2D eigenvalue weighted by Gasteiger charge is -2.23. The molecule has 2 aromatic heterocycles. The summed E-state index contributed by atoms with van der Waals surface area (Å²) in [5.41, 5.74) is 16.1. The second-order valence-electron chi connectivity index (χ2n) is 13.5. The third-order valence-electron chi connectivity index (χ3n) is 10.2. The average molecular weight is 677 g/mol. The van der Waals surface area contributed by atoms with Crippen LogP contribution in [0, 0.1) is 0 Å². The number of rotatable bonds is 6. The van der Waals surface area contributed by atoms with E-state index in [2.05, 4.69) is 115 Å². The van der Waals surface area contributed by atoms with Gasteiger partial charge in [0.1, 0.15) is 0 Å². The Balaban J connectivity index is 0.961. The van der Waals surface area contributed by atoms with Crippen molar-refractivity contribution in [2.75, 3.05) is 0 Å². The van der Waals surface area contributed by atoms with Gasteiger partial charge in [0, 0.05) is 39.4 Å². The Morgan fingerprint density at radius 3 is 1.49 bits per heavy atom. The van der Waals surface area contributed by atoms with Gasteiger partial charge in [-0.3, -0.25) is 4.98 Å². The molecular formula is C49H32N4. The molecule has 1 aliphatic rings. The first-order valence-electron chi connectivity index (χ1n) is 17.9. The van der Waals surface area contributed by atoms with Gasteiger partial charge in [0.2, 0.25) is 0 Å². The van der Waals surface area contributed by atoms with Crippen molar-refractivity contribution in [1.82, 2.24) is 19.9 Å². The third kappa shape index (κ3) is 5.67. The second kappa shape index (κ2) is 12.9. The lowest BCUT2D eigenvalue weighted by molar-refractivity contribution is 1.07. The molecule has 4 heteroatoms. The molecule has 10 rings (SSSR count). The average Bonchev–Trinajstić information content (AvgIpc) is 3.24. The van der Waals surface area contributed by atoms with Crippen molar-refractivity contribution in [3.05, 3.63) is 193 Å². The number of hydrogen-bond donors (Lipinski definition) is 0. The first kappa shape index (κ1) is 30.8. The Morgan fingerprint density at radius 2 is 0.830 bits per heavy atom. The molecule has 0 spiro atoms. The highest BCUT2D eigenvalue weighted by Gasteiger charge is 2.22. The van der Waals surface area contributed by atoms with Gasteiger partial charge in [-0.05, 0) is 63.1 Å². The topological polar surface area (TPSA) is 51.6 Å². The quantitative estimate of drug-likeness (QED) is 0.176. The molecule has 2 heterocycles. The molecule has 0 radical (unpaired) electrons. The fourth-order valence-electron chi connectivity index (χ4n) is 7.56. The van der Waals surface area contributed by atoms with Crippen LogP contribution in [0.1, 0.15) is 11.1 Å². The van der Waals surface area contributed by atoms with Gasteiger partial charge in [0.15, 0.2) is 17.5 Å². The van der Waals surface area contributed by atoms with Crippen LogP contribution in [0.3, 0.4) is 0 Å². The Kier molecular flexibility index (Phi) is 7.51. The summed E-state index contributed by atoms with van der Waals surface area (Å²) in [4.78, 5) is 19.6. The van der Waals surface area contributed by atoms with E-state index in [0.29, 0.717) is 17.5 Å². The summed E-state index contributed by atoms with van der Waals surface area (Å²) in [5.74, 6) is 1.95. The summed E-state index contributed by atoms with van der Waals surface area (Å²) in [6.45, 7) is 0. The summed E-state index contributed by atoms with van der Waals surface area (Å²) < 4.78 is 0. The van der Waals surface area contributed by atoms with Crippen LogP contribution in [-0.2, 0) is 6.42 Å². The van der Waals surface area contributed by atoms with E-state index in [1.165, 1.54) is 49.9 Å². The van der Waals surface area contributed by atoms with E-state index in [4.69, 9.17) is 19.9 Å². The monoisotopic (exact) mass is 676 g/mol. The highest BCUT2D eigenvalue weighted by molar-refractivity contribution is 6.06. The van der Waals surface area contributed by atoms with E-state index in [1.807, 2.05) is 66.9 Å². The van der Waals surface area contributed by atoms with E-state index < -0.39 is 0 Å².